The third kappa shape index (κ3) is 3.42. The molecule has 0 unspecified atom stereocenters. The van der Waals surface area contributed by atoms with Crippen molar-refractivity contribution in [2.75, 3.05) is 5.32 Å². The standard InChI is InChI=1S/C23H21NO2/c1-15-14-20(24-19-12-8-5-9-13-19)22(17(3)26)23(21(15)16(2)25)18-10-6-4-7-11-18/h4-14,24H,1-3H3. The highest BCUT2D eigenvalue weighted by atomic mass is 16.1. The van der Waals surface area contributed by atoms with E-state index in [0.717, 1.165) is 16.8 Å². The quantitative estimate of drug-likeness (QED) is 0.595. The molecule has 0 aliphatic carbocycles. The molecule has 0 heterocycles. The zero-order valence-electron chi connectivity index (χ0n) is 15.2. The molecule has 0 bridgehead atoms. The molecule has 0 saturated carbocycles. The van der Waals surface area contributed by atoms with Gasteiger partial charge in [-0.15, -0.1) is 0 Å². The Morgan fingerprint density at radius 2 is 1.31 bits per heavy atom. The van der Waals surface area contributed by atoms with Crippen molar-refractivity contribution in [1.29, 1.82) is 0 Å². The number of hydrogen-bond donors (Lipinski definition) is 1. The molecule has 3 aromatic rings. The van der Waals surface area contributed by atoms with Crippen LogP contribution in [0.3, 0.4) is 0 Å². The first kappa shape index (κ1) is 17.6. The fraction of sp³-hybridized carbons (Fsp3) is 0.130. The third-order valence-corrected chi connectivity index (χ3v) is 4.34. The minimum Gasteiger partial charge on any atom is -0.355 e. The van der Waals surface area contributed by atoms with Crippen LogP contribution in [-0.2, 0) is 0 Å². The van der Waals surface area contributed by atoms with Gasteiger partial charge in [-0.25, -0.2) is 0 Å². The van der Waals surface area contributed by atoms with Crippen molar-refractivity contribution in [3.05, 3.63) is 83.4 Å². The number of nitrogens with one attached hydrogen (secondary N) is 1. The van der Waals surface area contributed by atoms with Crippen molar-refractivity contribution in [3.63, 3.8) is 0 Å². The van der Waals surface area contributed by atoms with E-state index in [-0.39, 0.29) is 11.6 Å². The molecule has 0 spiro atoms. The van der Waals surface area contributed by atoms with Crippen LogP contribution >= 0.6 is 0 Å². The van der Waals surface area contributed by atoms with Crippen molar-refractivity contribution in [2.45, 2.75) is 20.8 Å². The Balaban J connectivity index is 2.32. The molecule has 0 aliphatic heterocycles. The summed E-state index contributed by atoms with van der Waals surface area (Å²) < 4.78 is 0. The number of ketones is 2. The molecule has 3 aromatic carbocycles. The summed E-state index contributed by atoms with van der Waals surface area (Å²) in [4.78, 5) is 25.0. The lowest BCUT2D eigenvalue weighted by Crippen LogP contribution is -2.10. The number of anilines is 2. The maximum atomic E-state index is 12.6. The molecule has 1 N–H and O–H groups in total. The average Bonchev–Trinajstić information content (AvgIpc) is 2.62. The van der Waals surface area contributed by atoms with Gasteiger partial charge < -0.3 is 5.32 Å². The van der Waals surface area contributed by atoms with Crippen LogP contribution in [0.15, 0.2) is 66.7 Å². The number of Topliss-reactive ketones (excluding diaryl/α,β-unsaturated/α-hetero) is 2. The summed E-state index contributed by atoms with van der Waals surface area (Å²) in [6.45, 7) is 4.99. The van der Waals surface area contributed by atoms with E-state index in [1.807, 2.05) is 73.7 Å². The smallest absolute Gasteiger partial charge is 0.162 e. The monoisotopic (exact) mass is 343 g/mol. The van der Waals surface area contributed by atoms with Crippen LogP contribution in [-0.4, -0.2) is 11.6 Å². The van der Waals surface area contributed by atoms with E-state index in [9.17, 15) is 9.59 Å². The maximum absolute atomic E-state index is 12.6. The van der Waals surface area contributed by atoms with Gasteiger partial charge >= 0.3 is 0 Å². The highest BCUT2D eigenvalue weighted by molar-refractivity contribution is 6.13. The van der Waals surface area contributed by atoms with Crippen LogP contribution in [0.2, 0.25) is 0 Å². The van der Waals surface area contributed by atoms with E-state index in [0.29, 0.717) is 22.4 Å². The van der Waals surface area contributed by atoms with E-state index in [1.54, 1.807) is 6.92 Å². The van der Waals surface area contributed by atoms with Gasteiger partial charge in [0.15, 0.2) is 11.6 Å². The van der Waals surface area contributed by atoms with Crippen LogP contribution in [0.25, 0.3) is 11.1 Å². The van der Waals surface area contributed by atoms with Crippen molar-refractivity contribution >= 4 is 22.9 Å². The first-order valence-electron chi connectivity index (χ1n) is 8.56. The van der Waals surface area contributed by atoms with Crippen LogP contribution in [0.4, 0.5) is 11.4 Å². The number of carbonyl (C=O) groups is 2. The summed E-state index contributed by atoms with van der Waals surface area (Å²) in [7, 11) is 0. The second-order valence-electron chi connectivity index (χ2n) is 6.34. The predicted octanol–water partition coefficient (Wildman–Crippen LogP) is 5.81. The van der Waals surface area contributed by atoms with Crippen molar-refractivity contribution < 1.29 is 9.59 Å². The Hall–Kier alpha value is -3.20. The largest absolute Gasteiger partial charge is 0.355 e. The van der Waals surface area contributed by atoms with E-state index < -0.39 is 0 Å². The summed E-state index contributed by atoms with van der Waals surface area (Å²) in [5, 5.41) is 3.34. The summed E-state index contributed by atoms with van der Waals surface area (Å²) in [5.74, 6) is -0.125. The zero-order valence-corrected chi connectivity index (χ0v) is 15.2. The van der Waals surface area contributed by atoms with Gasteiger partial charge in [0.05, 0.1) is 5.69 Å². The van der Waals surface area contributed by atoms with E-state index in [2.05, 4.69) is 5.32 Å². The number of para-hydroxylation sites is 1. The van der Waals surface area contributed by atoms with Crippen LogP contribution in [0, 0.1) is 6.92 Å². The number of hydrogen-bond acceptors (Lipinski definition) is 3. The summed E-state index contributed by atoms with van der Waals surface area (Å²) in [5.41, 5.74) is 5.15. The van der Waals surface area contributed by atoms with Crippen molar-refractivity contribution in [1.82, 2.24) is 0 Å². The highest BCUT2D eigenvalue weighted by Crippen LogP contribution is 2.37. The fourth-order valence-electron chi connectivity index (χ4n) is 3.31. The van der Waals surface area contributed by atoms with Crippen molar-refractivity contribution in [2.24, 2.45) is 0 Å². The molecule has 0 amide bonds. The summed E-state index contributed by atoms with van der Waals surface area (Å²) in [6.07, 6.45) is 0. The zero-order chi connectivity index (χ0) is 18.7. The van der Waals surface area contributed by atoms with Crippen LogP contribution in [0.5, 0.6) is 0 Å². The average molecular weight is 343 g/mol. The normalized spacial score (nSPS) is 10.4. The highest BCUT2D eigenvalue weighted by Gasteiger charge is 2.23. The predicted molar refractivity (Wildman–Crippen MR) is 106 cm³/mol. The molecule has 0 fully saturated rings. The number of aryl methyl sites for hydroxylation is 1. The van der Waals surface area contributed by atoms with Gasteiger partial charge in [-0.1, -0.05) is 48.5 Å². The summed E-state index contributed by atoms with van der Waals surface area (Å²) in [6, 6.07) is 21.2. The lowest BCUT2D eigenvalue weighted by molar-refractivity contribution is 0.101. The number of benzene rings is 3. The van der Waals surface area contributed by atoms with Gasteiger partial charge in [0, 0.05) is 22.4 Å². The molecule has 3 nitrogen and oxygen atoms in total. The molecule has 0 atom stereocenters. The summed E-state index contributed by atoms with van der Waals surface area (Å²) >= 11 is 0. The van der Waals surface area contributed by atoms with Gasteiger partial charge in [-0.3, -0.25) is 9.59 Å². The molecule has 0 radical (unpaired) electrons. The first-order valence-corrected chi connectivity index (χ1v) is 8.56. The molecule has 26 heavy (non-hydrogen) atoms. The SMILES string of the molecule is CC(=O)c1c(C)cc(Nc2ccccc2)c(C(C)=O)c1-c1ccccc1. The Bertz CT molecular complexity index is 961. The molecule has 130 valence electrons. The minimum absolute atomic E-state index is 0.0462. The Labute approximate surface area is 153 Å². The van der Waals surface area contributed by atoms with Crippen LogP contribution in [0.1, 0.15) is 40.1 Å². The maximum Gasteiger partial charge on any atom is 0.162 e. The van der Waals surface area contributed by atoms with E-state index in [4.69, 9.17) is 0 Å². The second-order valence-corrected chi connectivity index (χ2v) is 6.34. The molecular weight excluding hydrogens is 322 g/mol. The molecule has 0 saturated heterocycles. The number of rotatable bonds is 5. The Morgan fingerprint density at radius 3 is 1.85 bits per heavy atom. The Morgan fingerprint density at radius 1 is 0.769 bits per heavy atom. The topological polar surface area (TPSA) is 46.2 Å². The molecule has 3 heteroatoms. The molecule has 0 aliphatic rings. The van der Waals surface area contributed by atoms with Gasteiger partial charge in [0.25, 0.3) is 0 Å². The third-order valence-electron chi connectivity index (χ3n) is 4.34. The lowest BCUT2D eigenvalue weighted by atomic mass is 9.86. The number of carbonyl (C=O) groups excluding carboxylic acids is 2. The molecule has 3 rings (SSSR count). The lowest BCUT2D eigenvalue weighted by Gasteiger charge is -2.20. The van der Waals surface area contributed by atoms with Gasteiger partial charge in [0.2, 0.25) is 0 Å². The van der Waals surface area contributed by atoms with E-state index >= 15 is 0 Å². The van der Waals surface area contributed by atoms with Gasteiger partial charge in [0.1, 0.15) is 0 Å². The fourth-order valence-corrected chi connectivity index (χ4v) is 3.31. The first-order chi connectivity index (χ1) is 12.5. The second kappa shape index (κ2) is 7.36. The molecular formula is C23H21NO2. The van der Waals surface area contributed by atoms with E-state index in [1.165, 1.54) is 6.92 Å². The molecule has 0 aromatic heterocycles. The van der Waals surface area contributed by atoms with Gasteiger partial charge in [-0.05, 0) is 50.1 Å². The Kier molecular flexibility index (Phi) is 4.99. The minimum atomic E-state index is -0.0789. The van der Waals surface area contributed by atoms with Crippen LogP contribution < -0.4 is 5.32 Å². The van der Waals surface area contributed by atoms with Crippen molar-refractivity contribution in [3.8, 4) is 11.1 Å². The van der Waals surface area contributed by atoms with Gasteiger partial charge in [-0.2, -0.15) is 0 Å².